The maximum absolute atomic E-state index is 12.6. The Kier molecular flexibility index (Phi) is 8.86. The zero-order chi connectivity index (χ0) is 29.4. The van der Waals surface area contributed by atoms with E-state index in [-0.39, 0.29) is 65.1 Å². The zero-order valence-corrected chi connectivity index (χ0v) is 24.8. The van der Waals surface area contributed by atoms with Crippen LogP contribution < -0.4 is 22.1 Å². The number of hydrogen-bond donors (Lipinski definition) is 6. The molecule has 2 fully saturated rings. The lowest BCUT2D eigenvalue weighted by atomic mass is 9.80. The van der Waals surface area contributed by atoms with Crippen molar-refractivity contribution in [3.63, 3.8) is 0 Å². The number of carbonyl (C=O) groups is 3. The first-order chi connectivity index (χ1) is 19.6. The van der Waals surface area contributed by atoms with Crippen LogP contribution in [0.4, 0.5) is 11.4 Å². The summed E-state index contributed by atoms with van der Waals surface area (Å²) in [6, 6.07) is 9.77. The van der Waals surface area contributed by atoms with Crippen LogP contribution >= 0.6 is 23.5 Å². The van der Waals surface area contributed by atoms with E-state index in [2.05, 4.69) is 23.6 Å². The number of nitrogen functional groups attached to an aromatic ring is 1. The Morgan fingerprint density at radius 3 is 2.78 bits per heavy atom. The van der Waals surface area contributed by atoms with E-state index in [1.807, 2.05) is 43.0 Å². The molecule has 2 aromatic carbocycles. The Hall–Kier alpha value is -2.77. The quantitative estimate of drug-likeness (QED) is 0.167. The Labute approximate surface area is 247 Å². The third-order valence-corrected chi connectivity index (χ3v) is 11.2. The number of carboxylic acid groups (broad SMARTS) is 1. The van der Waals surface area contributed by atoms with Crippen molar-refractivity contribution in [2.45, 2.75) is 55.0 Å². The number of aliphatic hydroxyl groups is 1. The largest absolute Gasteiger partial charge is 0.477 e. The minimum atomic E-state index is -1.06. The van der Waals surface area contributed by atoms with Gasteiger partial charge < -0.3 is 37.2 Å². The minimum Gasteiger partial charge on any atom is -0.477 e. The number of anilines is 2. The number of nitrogens with two attached hydrogens (primary N) is 2. The van der Waals surface area contributed by atoms with Gasteiger partial charge in [-0.25, -0.2) is 4.79 Å². The second kappa shape index (κ2) is 12.2. The number of carboxylic acids is 1. The summed E-state index contributed by atoms with van der Waals surface area (Å²) in [6.07, 6.45) is 1.25. The van der Waals surface area contributed by atoms with Crippen molar-refractivity contribution in [1.82, 2.24) is 10.2 Å². The van der Waals surface area contributed by atoms with Gasteiger partial charge in [0.2, 0.25) is 11.8 Å². The van der Waals surface area contributed by atoms with Crippen LogP contribution in [0, 0.1) is 11.8 Å². The van der Waals surface area contributed by atoms with Gasteiger partial charge in [-0.1, -0.05) is 26.0 Å². The van der Waals surface area contributed by atoms with E-state index in [1.54, 1.807) is 11.8 Å². The predicted molar refractivity (Wildman–Crippen MR) is 164 cm³/mol. The Bertz CT molecular complexity index is 1400. The molecule has 2 saturated heterocycles. The van der Waals surface area contributed by atoms with Crippen LogP contribution in [-0.2, 0) is 20.1 Å². The average molecular weight is 600 g/mol. The van der Waals surface area contributed by atoms with Crippen molar-refractivity contribution in [2.24, 2.45) is 17.6 Å². The van der Waals surface area contributed by atoms with Crippen molar-refractivity contribution >= 4 is 63.5 Å². The molecule has 12 heteroatoms. The van der Waals surface area contributed by atoms with Crippen molar-refractivity contribution in [2.75, 3.05) is 30.7 Å². The van der Waals surface area contributed by atoms with Gasteiger partial charge in [-0.3, -0.25) is 9.59 Å². The molecule has 10 nitrogen and oxygen atoms in total. The predicted octanol–water partition coefficient (Wildman–Crippen LogP) is 2.56. The summed E-state index contributed by atoms with van der Waals surface area (Å²) in [4.78, 5) is 38.8. The fourth-order valence-corrected chi connectivity index (χ4v) is 8.84. The second-order valence-corrected chi connectivity index (χ2v) is 13.7. The van der Waals surface area contributed by atoms with Gasteiger partial charge >= 0.3 is 5.97 Å². The number of benzene rings is 2. The number of thioether (sulfide) groups is 2. The summed E-state index contributed by atoms with van der Waals surface area (Å²) in [7, 11) is 0. The van der Waals surface area contributed by atoms with E-state index in [9.17, 15) is 24.6 Å². The number of nitrogens with zero attached hydrogens (tertiary/aromatic N) is 1. The maximum Gasteiger partial charge on any atom is 0.353 e. The van der Waals surface area contributed by atoms with E-state index in [4.69, 9.17) is 11.5 Å². The van der Waals surface area contributed by atoms with Crippen LogP contribution in [0.25, 0.3) is 10.8 Å². The minimum absolute atomic E-state index is 0.0637. The summed E-state index contributed by atoms with van der Waals surface area (Å²) in [6.45, 7) is 4.78. The number of aliphatic carboxylic acids is 1. The molecule has 0 radical (unpaired) electrons. The molecule has 0 saturated carbocycles. The van der Waals surface area contributed by atoms with Gasteiger partial charge in [-0.15, -0.1) is 11.8 Å². The SMILES string of the molecule is CC(SCc1cc2cccc(NC(=O)CN)c2cc1N)C1C[C@H](SC2=C(C(=O)O)N3C(=O)[C@@H](CCO)[C@@H]3[C@H]2C)CN1. The molecule has 5 rings (SSSR count). The monoisotopic (exact) mass is 599 g/mol. The molecule has 2 aromatic rings. The number of nitrogens with one attached hydrogen (secondary N) is 2. The molecule has 0 bridgehead atoms. The second-order valence-electron chi connectivity index (χ2n) is 11.0. The standard InChI is InChI=1S/C29H37N5O5S2/c1-14-25-19(6-7-35)28(37)34(25)26(29(38)39)27(14)41-18-9-23(32-12-18)15(2)40-13-17-8-16-4-3-5-22(33-24(36)11-30)20(16)10-21(17)31/h3-5,8,10,14-15,18-19,23,25,32,35H,6-7,9,11-13,30-31H2,1-2H3,(H,33,36)(H,38,39)/t14-,15?,18+,19+,23?,25+/m1/s1. The molecule has 6 atom stereocenters. The fraction of sp³-hybridized carbons (Fsp3) is 0.483. The lowest BCUT2D eigenvalue weighted by Gasteiger charge is -2.45. The molecule has 3 aliphatic heterocycles. The van der Waals surface area contributed by atoms with Crippen molar-refractivity contribution in [3.8, 4) is 0 Å². The van der Waals surface area contributed by atoms with Gasteiger partial charge in [0.15, 0.2) is 0 Å². The lowest BCUT2D eigenvalue weighted by Crippen LogP contribution is -2.60. The number of hydrogen-bond acceptors (Lipinski definition) is 9. The van der Waals surface area contributed by atoms with Crippen LogP contribution in [0.3, 0.4) is 0 Å². The van der Waals surface area contributed by atoms with Gasteiger partial charge in [0.05, 0.1) is 18.5 Å². The lowest BCUT2D eigenvalue weighted by molar-refractivity contribution is -0.157. The third-order valence-electron chi connectivity index (χ3n) is 8.39. The van der Waals surface area contributed by atoms with E-state index in [0.29, 0.717) is 17.8 Å². The van der Waals surface area contributed by atoms with Gasteiger partial charge in [-0.05, 0) is 42.0 Å². The first kappa shape index (κ1) is 29.7. The first-order valence-corrected chi connectivity index (χ1v) is 15.8. The molecule has 2 unspecified atom stereocenters. The van der Waals surface area contributed by atoms with E-state index in [0.717, 1.165) is 40.0 Å². The maximum atomic E-state index is 12.6. The third kappa shape index (κ3) is 5.68. The van der Waals surface area contributed by atoms with Crippen LogP contribution in [0.2, 0.25) is 0 Å². The van der Waals surface area contributed by atoms with Gasteiger partial charge in [0.25, 0.3) is 0 Å². The van der Waals surface area contributed by atoms with E-state index < -0.39 is 5.97 Å². The number of carbonyl (C=O) groups excluding carboxylic acids is 2. The molecule has 41 heavy (non-hydrogen) atoms. The summed E-state index contributed by atoms with van der Waals surface area (Å²) in [5.41, 5.74) is 14.4. The molecule has 0 aliphatic carbocycles. The van der Waals surface area contributed by atoms with Crippen molar-refractivity contribution < 1.29 is 24.6 Å². The van der Waals surface area contributed by atoms with E-state index in [1.165, 1.54) is 4.90 Å². The number of rotatable bonds is 11. The average Bonchev–Trinajstić information content (AvgIpc) is 3.52. The Morgan fingerprint density at radius 1 is 1.29 bits per heavy atom. The number of fused-ring (bicyclic) bond motifs is 2. The topological polar surface area (TPSA) is 171 Å². The fourth-order valence-electron chi connectivity index (χ4n) is 6.22. The molecule has 0 aromatic heterocycles. The highest BCUT2D eigenvalue weighted by molar-refractivity contribution is 8.03. The molecule has 0 spiro atoms. The van der Waals surface area contributed by atoms with Gasteiger partial charge in [0, 0.05) is 63.0 Å². The van der Waals surface area contributed by atoms with E-state index >= 15 is 0 Å². The van der Waals surface area contributed by atoms with Gasteiger partial charge in [-0.2, -0.15) is 11.8 Å². The zero-order valence-electron chi connectivity index (χ0n) is 23.1. The van der Waals surface area contributed by atoms with Crippen molar-refractivity contribution in [3.05, 3.63) is 46.5 Å². The number of aliphatic hydroxyl groups excluding tert-OH is 1. The molecule has 3 heterocycles. The summed E-state index contributed by atoms with van der Waals surface area (Å²) in [5.74, 6) is -1.16. The first-order valence-electron chi connectivity index (χ1n) is 13.9. The van der Waals surface area contributed by atoms with Crippen LogP contribution in [0.15, 0.2) is 40.9 Å². The molecular formula is C29H37N5O5S2. The van der Waals surface area contributed by atoms with Crippen LogP contribution in [0.5, 0.6) is 0 Å². The molecule has 220 valence electrons. The summed E-state index contributed by atoms with van der Waals surface area (Å²) in [5, 5.41) is 28.1. The normalized spacial score (nSPS) is 26.3. The highest BCUT2D eigenvalue weighted by Crippen LogP contribution is 2.52. The summed E-state index contributed by atoms with van der Waals surface area (Å²) < 4.78 is 0. The van der Waals surface area contributed by atoms with Crippen LogP contribution in [-0.4, -0.2) is 75.2 Å². The molecule has 3 aliphatic rings. The Morgan fingerprint density at radius 2 is 2.07 bits per heavy atom. The van der Waals surface area contributed by atoms with Crippen molar-refractivity contribution in [1.29, 1.82) is 0 Å². The summed E-state index contributed by atoms with van der Waals surface area (Å²) >= 11 is 3.40. The molecule has 2 amide bonds. The smallest absolute Gasteiger partial charge is 0.353 e. The molecular weight excluding hydrogens is 562 g/mol. The van der Waals surface area contributed by atoms with Gasteiger partial charge in [0.1, 0.15) is 5.70 Å². The number of amides is 2. The molecule has 8 N–H and O–H groups in total. The Balaban J connectivity index is 1.21. The van der Waals surface area contributed by atoms with Crippen LogP contribution in [0.1, 0.15) is 32.3 Å². The highest BCUT2D eigenvalue weighted by Gasteiger charge is 2.58. The number of β-lactam (4-membered cyclic amide) rings is 1. The highest BCUT2D eigenvalue weighted by atomic mass is 32.2.